The first-order valence-electron chi connectivity index (χ1n) is 12.1. The van der Waals surface area contributed by atoms with E-state index in [1.54, 1.807) is 12.1 Å². The molecule has 0 spiro atoms. The van der Waals surface area contributed by atoms with Crippen LogP contribution < -0.4 is 10.6 Å². The fraction of sp³-hybridized carbons (Fsp3) is 0.444. The molecule has 3 rings (SSSR count). The molecule has 0 heterocycles. The molecular weight excluding hydrogens is 510 g/mol. The Labute approximate surface area is 215 Å². The van der Waals surface area contributed by atoms with Crippen LogP contribution in [-0.4, -0.2) is 48.9 Å². The molecule has 0 saturated carbocycles. The summed E-state index contributed by atoms with van der Waals surface area (Å²) < 4.78 is 5.72. The van der Waals surface area contributed by atoms with Gasteiger partial charge >= 0.3 is 12.0 Å². The summed E-state index contributed by atoms with van der Waals surface area (Å²) in [4.78, 5) is 39.0. The molecule has 0 radical (unpaired) electrons. The maximum atomic E-state index is 12.6. The van der Waals surface area contributed by atoms with Crippen LogP contribution in [0, 0.1) is 0 Å². The zero-order valence-electron chi connectivity index (χ0n) is 20.4. The summed E-state index contributed by atoms with van der Waals surface area (Å²) in [7, 11) is 1.40. The van der Waals surface area contributed by atoms with Crippen LogP contribution >= 0.6 is 15.9 Å². The summed E-state index contributed by atoms with van der Waals surface area (Å²) in [5, 5.41) is 5.61. The zero-order chi connectivity index (χ0) is 25.2. The van der Waals surface area contributed by atoms with Gasteiger partial charge in [0.2, 0.25) is 0 Å². The van der Waals surface area contributed by atoms with Gasteiger partial charge in [-0.25, -0.2) is 4.79 Å². The maximum absolute atomic E-state index is 12.6. The number of Topliss-reactive ketones (excluding diaryl/α,β-unsaturated/α-hetero) is 1. The number of halogens is 1. The second-order valence-electron chi connectivity index (χ2n) is 8.88. The molecular formula is C27H34BrN3O4. The summed E-state index contributed by atoms with van der Waals surface area (Å²) in [5.74, 6) is -0.309. The third-order valence-corrected chi connectivity index (χ3v) is 6.96. The number of hydrogen-bond donors (Lipinski definition) is 2. The molecule has 8 heteroatoms. The standard InChI is InChI=1S/C27H34BrN3O4/c1-19(32)24(30-27(34)29-22-14-12-21(28)13-15-22)16-18-31(17-6-11-26(33)35-2)25-10-5-8-20-7-3-4-9-23(20)25/h3-4,7,9,12-15,24-25H,5-6,8,10-11,16-18H2,1-2H3,(H2,29,30,34)/t24-,25?/m0/s1. The Morgan fingerprint density at radius 1 is 1.11 bits per heavy atom. The Hall–Kier alpha value is -2.71. The van der Waals surface area contributed by atoms with Crippen LogP contribution in [0.25, 0.3) is 0 Å². The van der Waals surface area contributed by atoms with Gasteiger partial charge in [0.15, 0.2) is 5.78 Å². The van der Waals surface area contributed by atoms with E-state index in [4.69, 9.17) is 4.74 Å². The number of hydrogen-bond acceptors (Lipinski definition) is 5. The van der Waals surface area contributed by atoms with Crippen LogP contribution in [-0.2, 0) is 20.7 Å². The minimum atomic E-state index is -0.604. The molecule has 2 atom stereocenters. The van der Waals surface area contributed by atoms with Crippen LogP contribution in [0.1, 0.15) is 56.2 Å². The number of nitrogens with zero attached hydrogens (tertiary/aromatic N) is 1. The number of ketones is 1. The molecule has 0 saturated heterocycles. The fourth-order valence-corrected chi connectivity index (χ4v) is 4.85. The topological polar surface area (TPSA) is 87.7 Å². The van der Waals surface area contributed by atoms with Crippen molar-refractivity contribution in [1.82, 2.24) is 10.2 Å². The van der Waals surface area contributed by atoms with E-state index in [0.717, 1.165) is 23.7 Å². The first kappa shape index (κ1) is 26.9. The molecule has 0 bridgehead atoms. The van der Waals surface area contributed by atoms with E-state index in [1.165, 1.54) is 25.2 Å². The van der Waals surface area contributed by atoms with Crippen molar-refractivity contribution in [2.45, 2.75) is 57.5 Å². The molecule has 1 unspecified atom stereocenters. The lowest BCUT2D eigenvalue weighted by atomic mass is 9.86. The van der Waals surface area contributed by atoms with Gasteiger partial charge in [-0.05, 0) is 81.0 Å². The van der Waals surface area contributed by atoms with Crippen LogP contribution in [0.5, 0.6) is 0 Å². The van der Waals surface area contributed by atoms with Crippen LogP contribution in [0.4, 0.5) is 10.5 Å². The highest BCUT2D eigenvalue weighted by atomic mass is 79.9. The number of rotatable bonds is 11. The van der Waals surface area contributed by atoms with Crippen LogP contribution in [0.2, 0.25) is 0 Å². The van der Waals surface area contributed by atoms with Gasteiger partial charge in [0.25, 0.3) is 0 Å². The number of urea groups is 1. The summed E-state index contributed by atoms with van der Waals surface area (Å²) in [6, 6.07) is 15.0. The number of anilines is 1. The van der Waals surface area contributed by atoms with Crippen molar-refractivity contribution in [3.05, 3.63) is 64.1 Å². The number of carbonyl (C=O) groups excluding carboxylic acids is 3. The number of esters is 1. The first-order chi connectivity index (χ1) is 16.9. The third-order valence-electron chi connectivity index (χ3n) is 6.44. The Morgan fingerprint density at radius 2 is 1.86 bits per heavy atom. The predicted molar refractivity (Wildman–Crippen MR) is 140 cm³/mol. The average molecular weight is 544 g/mol. The molecule has 0 aliphatic heterocycles. The smallest absolute Gasteiger partial charge is 0.319 e. The van der Waals surface area contributed by atoms with E-state index in [2.05, 4.69) is 55.7 Å². The number of fused-ring (bicyclic) bond motifs is 1. The zero-order valence-corrected chi connectivity index (χ0v) is 22.0. The Morgan fingerprint density at radius 3 is 2.57 bits per heavy atom. The van der Waals surface area contributed by atoms with Crippen molar-refractivity contribution in [3.63, 3.8) is 0 Å². The van der Waals surface area contributed by atoms with Gasteiger partial charge in [-0.2, -0.15) is 0 Å². The van der Waals surface area contributed by atoms with E-state index in [-0.39, 0.29) is 17.8 Å². The fourth-order valence-electron chi connectivity index (χ4n) is 4.59. The van der Waals surface area contributed by atoms with Gasteiger partial charge < -0.3 is 15.4 Å². The van der Waals surface area contributed by atoms with Crippen molar-refractivity contribution >= 4 is 39.4 Å². The molecule has 2 aromatic carbocycles. The number of carbonyl (C=O) groups is 3. The number of ether oxygens (including phenoxy) is 1. The average Bonchev–Trinajstić information content (AvgIpc) is 2.86. The third kappa shape index (κ3) is 8.18. The SMILES string of the molecule is COC(=O)CCCN(CC[C@H](NC(=O)Nc1ccc(Br)cc1)C(C)=O)C1CCCc2ccccc21. The first-order valence-corrected chi connectivity index (χ1v) is 12.9. The minimum Gasteiger partial charge on any atom is -0.469 e. The van der Waals surface area contributed by atoms with Gasteiger partial charge in [0.05, 0.1) is 13.2 Å². The van der Waals surface area contributed by atoms with Crippen molar-refractivity contribution < 1.29 is 19.1 Å². The highest BCUT2D eigenvalue weighted by Crippen LogP contribution is 2.34. The van der Waals surface area contributed by atoms with Gasteiger partial charge in [-0.15, -0.1) is 0 Å². The van der Waals surface area contributed by atoms with Gasteiger partial charge in [-0.3, -0.25) is 14.5 Å². The Balaban J connectivity index is 1.66. The normalized spacial score (nSPS) is 15.7. The molecule has 2 N–H and O–H groups in total. The molecule has 7 nitrogen and oxygen atoms in total. The molecule has 35 heavy (non-hydrogen) atoms. The Bertz CT molecular complexity index is 1010. The van der Waals surface area contributed by atoms with E-state index in [1.807, 2.05) is 12.1 Å². The lowest BCUT2D eigenvalue weighted by Crippen LogP contribution is -2.44. The quantitative estimate of drug-likeness (QED) is 0.378. The van der Waals surface area contributed by atoms with Crippen molar-refractivity contribution in [1.29, 1.82) is 0 Å². The minimum absolute atomic E-state index is 0.0884. The van der Waals surface area contributed by atoms with Crippen LogP contribution in [0.3, 0.4) is 0 Å². The summed E-state index contributed by atoms with van der Waals surface area (Å²) >= 11 is 3.37. The number of aryl methyl sites for hydroxylation is 1. The second kappa shape index (κ2) is 13.4. The molecule has 188 valence electrons. The number of methoxy groups -OCH3 is 1. The van der Waals surface area contributed by atoms with E-state index in [9.17, 15) is 14.4 Å². The van der Waals surface area contributed by atoms with Crippen molar-refractivity contribution in [3.8, 4) is 0 Å². The summed E-state index contributed by atoms with van der Waals surface area (Å²) in [6.45, 7) is 2.84. The molecule has 2 amide bonds. The molecule has 2 aromatic rings. The monoisotopic (exact) mass is 543 g/mol. The van der Waals surface area contributed by atoms with E-state index >= 15 is 0 Å². The molecule has 1 aliphatic rings. The highest BCUT2D eigenvalue weighted by Gasteiger charge is 2.27. The lowest BCUT2D eigenvalue weighted by molar-refractivity contribution is -0.140. The second-order valence-corrected chi connectivity index (χ2v) is 9.80. The van der Waals surface area contributed by atoms with Crippen molar-refractivity contribution in [2.75, 3.05) is 25.5 Å². The Kier molecular flexibility index (Phi) is 10.3. The number of amides is 2. The van der Waals surface area contributed by atoms with Gasteiger partial charge in [0.1, 0.15) is 0 Å². The number of nitrogens with one attached hydrogen (secondary N) is 2. The predicted octanol–water partition coefficient (Wildman–Crippen LogP) is 5.25. The lowest BCUT2D eigenvalue weighted by Gasteiger charge is -2.36. The molecule has 1 aliphatic carbocycles. The van der Waals surface area contributed by atoms with Gasteiger partial charge in [-0.1, -0.05) is 40.2 Å². The summed E-state index contributed by atoms with van der Waals surface area (Å²) in [5.41, 5.74) is 3.32. The van der Waals surface area contributed by atoms with Crippen LogP contribution in [0.15, 0.2) is 53.0 Å². The molecule has 0 fully saturated rings. The summed E-state index contributed by atoms with van der Waals surface area (Å²) in [6.07, 6.45) is 4.70. The maximum Gasteiger partial charge on any atom is 0.319 e. The number of benzene rings is 2. The molecule has 0 aromatic heterocycles. The van der Waals surface area contributed by atoms with Gasteiger partial charge in [0, 0.05) is 29.2 Å². The van der Waals surface area contributed by atoms with E-state index in [0.29, 0.717) is 38.0 Å². The van der Waals surface area contributed by atoms with Crippen molar-refractivity contribution in [2.24, 2.45) is 0 Å². The van der Waals surface area contributed by atoms with E-state index < -0.39 is 12.1 Å². The highest BCUT2D eigenvalue weighted by molar-refractivity contribution is 9.10. The largest absolute Gasteiger partial charge is 0.469 e.